The van der Waals surface area contributed by atoms with Gasteiger partial charge in [-0.3, -0.25) is 4.79 Å². The summed E-state index contributed by atoms with van der Waals surface area (Å²) >= 11 is 0. The van der Waals surface area contributed by atoms with Crippen LogP contribution in [0.15, 0.2) is 36.4 Å². The molecule has 0 atom stereocenters. The molecule has 1 N–H and O–H groups in total. The Morgan fingerprint density at radius 1 is 1.22 bits per heavy atom. The largest absolute Gasteiger partial charge is 0.339 e. The van der Waals surface area contributed by atoms with Crippen LogP contribution in [0.2, 0.25) is 0 Å². The van der Waals surface area contributed by atoms with Crippen molar-refractivity contribution in [2.24, 2.45) is 5.92 Å². The van der Waals surface area contributed by atoms with Crippen molar-refractivity contribution < 1.29 is 9.18 Å². The molecule has 1 aromatic carbocycles. The lowest BCUT2D eigenvalue weighted by Crippen LogP contribution is -2.38. The molecule has 0 bridgehead atoms. The first kappa shape index (κ1) is 15.4. The molecule has 0 unspecified atom stereocenters. The monoisotopic (exact) mass is 314 g/mol. The van der Waals surface area contributed by atoms with Gasteiger partial charge in [-0.05, 0) is 49.1 Å². The zero-order valence-corrected chi connectivity index (χ0v) is 13.0. The number of likely N-dealkylation sites (tertiary alicyclic amines) is 1. The summed E-state index contributed by atoms with van der Waals surface area (Å²) in [6, 6.07) is 9.42. The second-order valence-corrected chi connectivity index (χ2v) is 5.91. The number of carbonyl (C=O) groups excluding carboxylic acids is 1. The molecule has 0 aliphatic carbocycles. The summed E-state index contributed by atoms with van der Waals surface area (Å²) in [6.45, 7) is 3.74. The molecular weight excluding hydrogens is 295 g/mol. The Bertz CT molecular complexity index is 681. The number of piperidine rings is 1. The van der Waals surface area contributed by atoms with Crippen LogP contribution in [-0.4, -0.2) is 34.1 Å². The average Bonchev–Trinajstić information content (AvgIpc) is 2.56. The molecule has 2 heterocycles. The Morgan fingerprint density at radius 2 is 2.00 bits per heavy atom. The number of rotatable bonds is 3. The van der Waals surface area contributed by atoms with E-state index in [4.69, 9.17) is 0 Å². The van der Waals surface area contributed by atoms with Crippen molar-refractivity contribution in [1.29, 1.82) is 0 Å². The van der Waals surface area contributed by atoms with Crippen molar-refractivity contribution >= 4 is 17.4 Å². The lowest BCUT2D eigenvalue weighted by atomic mass is 9.99. The summed E-state index contributed by atoms with van der Waals surface area (Å²) in [5.74, 6) is 0.734. The van der Waals surface area contributed by atoms with Gasteiger partial charge in [-0.1, -0.05) is 13.0 Å². The number of carbonyl (C=O) groups is 1. The molecule has 1 fully saturated rings. The Balaban J connectivity index is 1.66. The molecule has 1 aliphatic rings. The van der Waals surface area contributed by atoms with Crippen molar-refractivity contribution in [1.82, 2.24) is 15.1 Å². The predicted molar refractivity (Wildman–Crippen MR) is 86.0 cm³/mol. The molecule has 23 heavy (non-hydrogen) atoms. The normalized spacial score (nSPS) is 15.5. The third kappa shape index (κ3) is 3.83. The van der Waals surface area contributed by atoms with Gasteiger partial charge in [0, 0.05) is 18.8 Å². The SMILES string of the molecule is CC1CCN(C(=O)c2ccc(Nc3cccc(F)c3)nn2)CC1. The maximum Gasteiger partial charge on any atom is 0.274 e. The van der Waals surface area contributed by atoms with E-state index >= 15 is 0 Å². The van der Waals surface area contributed by atoms with Gasteiger partial charge in [0.15, 0.2) is 11.5 Å². The van der Waals surface area contributed by atoms with Gasteiger partial charge in [0.2, 0.25) is 0 Å². The highest BCUT2D eigenvalue weighted by Crippen LogP contribution is 2.18. The van der Waals surface area contributed by atoms with E-state index in [1.165, 1.54) is 12.1 Å². The number of benzene rings is 1. The minimum absolute atomic E-state index is 0.0818. The van der Waals surface area contributed by atoms with Crippen LogP contribution in [0.25, 0.3) is 0 Å². The van der Waals surface area contributed by atoms with E-state index in [1.807, 2.05) is 4.90 Å². The van der Waals surface area contributed by atoms with Crippen molar-refractivity contribution in [2.45, 2.75) is 19.8 Å². The first-order valence-electron chi connectivity index (χ1n) is 7.77. The van der Waals surface area contributed by atoms with E-state index in [-0.39, 0.29) is 11.7 Å². The maximum atomic E-state index is 13.1. The fourth-order valence-electron chi connectivity index (χ4n) is 2.60. The van der Waals surface area contributed by atoms with Gasteiger partial charge in [-0.25, -0.2) is 4.39 Å². The Labute approximate surface area is 134 Å². The molecule has 120 valence electrons. The quantitative estimate of drug-likeness (QED) is 0.945. The van der Waals surface area contributed by atoms with E-state index < -0.39 is 0 Å². The molecule has 1 saturated heterocycles. The van der Waals surface area contributed by atoms with Crippen LogP contribution in [0.5, 0.6) is 0 Å². The molecule has 1 amide bonds. The number of aromatic nitrogens is 2. The fourth-order valence-corrected chi connectivity index (χ4v) is 2.60. The molecule has 5 nitrogen and oxygen atoms in total. The van der Waals surface area contributed by atoms with Gasteiger partial charge in [0.25, 0.3) is 5.91 Å². The van der Waals surface area contributed by atoms with E-state index in [9.17, 15) is 9.18 Å². The van der Waals surface area contributed by atoms with Gasteiger partial charge in [0.1, 0.15) is 5.82 Å². The van der Waals surface area contributed by atoms with Gasteiger partial charge in [-0.15, -0.1) is 10.2 Å². The van der Waals surface area contributed by atoms with Crippen molar-refractivity contribution in [3.63, 3.8) is 0 Å². The highest BCUT2D eigenvalue weighted by Gasteiger charge is 2.22. The summed E-state index contributed by atoms with van der Waals surface area (Å²) in [5.41, 5.74) is 0.924. The zero-order valence-electron chi connectivity index (χ0n) is 13.0. The Kier molecular flexibility index (Phi) is 4.50. The molecule has 1 aliphatic heterocycles. The second-order valence-electron chi connectivity index (χ2n) is 5.91. The first-order chi connectivity index (χ1) is 11.1. The summed E-state index contributed by atoms with van der Waals surface area (Å²) in [4.78, 5) is 14.2. The van der Waals surface area contributed by atoms with E-state index in [2.05, 4.69) is 22.4 Å². The highest BCUT2D eigenvalue weighted by atomic mass is 19.1. The molecule has 0 spiro atoms. The molecule has 0 saturated carbocycles. The third-order valence-electron chi connectivity index (χ3n) is 4.05. The first-order valence-corrected chi connectivity index (χ1v) is 7.77. The average molecular weight is 314 g/mol. The van der Waals surface area contributed by atoms with Gasteiger partial charge < -0.3 is 10.2 Å². The Hall–Kier alpha value is -2.50. The molecule has 3 rings (SSSR count). The van der Waals surface area contributed by atoms with Crippen LogP contribution in [0, 0.1) is 11.7 Å². The van der Waals surface area contributed by atoms with Crippen molar-refractivity contribution in [2.75, 3.05) is 18.4 Å². The van der Waals surface area contributed by atoms with Crippen molar-refractivity contribution in [3.8, 4) is 0 Å². The molecule has 0 radical (unpaired) electrons. The number of anilines is 2. The summed E-state index contributed by atoms with van der Waals surface area (Å²) in [6.07, 6.45) is 2.05. The number of amides is 1. The van der Waals surface area contributed by atoms with Gasteiger partial charge in [-0.2, -0.15) is 0 Å². The lowest BCUT2D eigenvalue weighted by molar-refractivity contribution is 0.0690. The standard InChI is InChI=1S/C17H19FN4O/c1-12-7-9-22(10-8-12)17(23)15-5-6-16(21-20-15)19-14-4-2-3-13(18)11-14/h2-6,11-12H,7-10H2,1H3,(H,19,21). The van der Waals surface area contributed by atoms with Gasteiger partial charge in [0.05, 0.1) is 0 Å². The number of nitrogens with zero attached hydrogens (tertiary/aromatic N) is 3. The maximum absolute atomic E-state index is 13.1. The number of halogens is 1. The number of nitrogens with one attached hydrogen (secondary N) is 1. The minimum Gasteiger partial charge on any atom is -0.339 e. The van der Waals surface area contributed by atoms with E-state index in [0.29, 0.717) is 23.1 Å². The molecular formula is C17H19FN4O. The fraction of sp³-hybridized carbons (Fsp3) is 0.353. The highest BCUT2D eigenvalue weighted by molar-refractivity contribution is 5.92. The number of hydrogen-bond donors (Lipinski definition) is 1. The van der Waals surface area contributed by atoms with Crippen molar-refractivity contribution in [3.05, 3.63) is 47.9 Å². The Morgan fingerprint density at radius 3 is 2.65 bits per heavy atom. The van der Waals surface area contributed by atoms with E-state index in [0.717, 1.165) is 25.9 Å². The molecule has 2 aromatic rings. The number of hydrogen-bond acceptors (Lipinski definition) is 4. The van der Waals surface area contributed by atoms with E-state index in [1.54, 1.807) is 24.3 Å². The molecule has 1 aromatic heterocycles. The van der Waals surface area contributed by atoms with Gasteiger partial charge >= 0.3 is 0 Å². The van der Waals surface area contributed by atoms with Crippen LogP contribution < -0.4 is 5.32 Å². The zero-order chi connectivity index (χ0) is 16.2. The summed E-state index contributed by atoms with van der Waals surface area (Å²) < 4.78 is 13.1. The van der Waals surface area contributed by atoms with Crippen LogP contribution in [0.1, 0.15) is 30.3 Å². The van der Waals surface area contributed by atoms with Crippen LogP contribution >= 0.6 is 0 Å². The minimum atomic E-state index is -0.325. The van der Waals surface area contributed by atoms with Crippen LogP contribution in [0.4, 0.5) is 15.9 Å². The van der Waals surface area contributed by atoms with Crippen LogP contribution in [0.3, 0.4) is 0 Å². The third-order valence-corrected chi connectivity index (χ3v) is 4.05. The summed E-state index contributed by atoms with van der Waals surface area (Å²) in [7, 11) is 0. The topological polar surface area (TPSA) is 58.1 Å². The van der Waals surface area contributed by atoms with Crippen LogP contribution in [-0.2, 0) is 0 Å². The summed E-state index contributed by atoms with van der Waals surface area (Å²) in [5, 5.41) is 11.0. The smallest absolute Gasteiger partial charge is 0.274 e. The predicted octanol–water partition coefficient (Wildman–Crippen LogP) is 3.23. The lowest BCUT2D eigenvalue weighted by Gasteiger charge is -2.29. The molecule has 6 heteroatoms. The second kappa shape index (κ2) is 6.73.